The van der Waals surface area contributed by atoms with E-state index in [1.165, 1.54) is 10.3 Å². The van der Waals surface area contributed by atoms with Crippen molar-refractivity contribution in [2.24, 2.45) is 0 Å². The Labute approximate surface area is 105 Å². The highest BCUT2D eigenvalue weighted by Crippen LogP contribution is 2.33. The minimum atomic E-state index is 0.213. The van der Waals surface area contributed by atoms with E-state index in [0.29, 0.717) is 0 Å². The fourth-order valence-corrected chi connectivity index (χ4v) is 3.71. The molecule has 17 heavy (non-hydrogen) atoms. The van der Waals surface area contributed by atoms with E-state index in [1.807, 2.05) is 16.3 Å². The summed E-state index contributed by atoms with van der Waals surface area (Å²) in [5.74, 6) is 0.998. The number of pyridine rings is 1. The Morgan fingerprint density at radius 3 is 3.00 bits per heavy atom. The molecule has 3 heteroatoms. The highest BCUT2D eigenvalue weighted by molar-refractivity contribution is 7.99. The van der Waals surface area contributed by atoms with Gasteiger partial charge in [-0.15, -0.1) is 11.8 Å². The third kappa shape index (κ3) is 1.45. The molecule has 0 radical (unpaired) electrons. The second-order valence-electron chi connectivity index (χ2n) is 4.41. The maximum atomic E-state index is 12.4. The third-order valence-corrected chi connectivity index (χ3v) is 4.58. The number of benzene rings is 1. The van der Waals surface area contributed by atoms with Gasteiger partial charge in [0.15, 0.2) is 0 Å². The van der Waals surface area contributed by atoms with Gasteiger partial charge in [0, 0.05) is 28.1 Å². The summed E-state index contributed by atoms with van der Waals surface area (Å²) in [5, 5.41) is 1.24. The van der Waals surface area contributed by atoms with Gasteiger partial charge in [-0.2, -0.15) is 0 Å². The Bertz CT molecular complexity index is 657. The van der Waals surface area contributed by atoms with E-state index < -0.39 is 0 Å². The first kappa shape index (κ1) is 10.9. The lowest BCUT2D eigenvalue weighted by Crippen LogP contribution is -2.28. The lowest BCUT2D eigenvalue weighted by molar-refractivity contribution is 0.740. The minimum Gasteiger partial charge on any atom is -0.306 e. The molecule has 0 aliphatic carbocycles. The average Bonchev–Trinajstić information content (AvgIpc) is 2.36. The largest absolute Gasteiger partial charge is 0.306 e. The van der Waals surface area contributed by atoms with Gasteiger partial charge in [0.05, 0.1) is 5.52 Å². The Morgan fingerprint density at radius 2 is 2.24 bits per heavy atom. The fraction of sp³-hybridized carbons (Fsp3) is 0.357. The smallest absolute Gasteiger partial charge is 0.254 e. The zero-order valence-corrected chi connectivity index (χ0v) is 10.9. The van der Waals surface area contributed by atoms with Crippen LogP contribution in [0.15, 0.2) is 27.9 Å². The molecule has 1 aromatic carbocycles. The zero-order valence-electron chi connectivity index (χ0n) is 10.1. The minimum absolute atomic E-state index is 0.213. The van der Waals surface area contributed by atoms with Crippen LogP contribution >= 0.6 is 11.8 Å². The van der Waals surface area contributed by atoms with Crippen molar-refractivity contribution in [1.29, 1.82) is 0 Å². The zero-order chi connectivity index (χ0) is 12.0. The standard InChI is InChI=1S/C14H15NOS/c1-3-10-9(2)11-5-4-6-12-13(11)15(14(10)16)7-8-17-12/h4-6H,3,7-8H2,1-2H3. The molecule has 0 N–H and O–H groups in total. The molecule has 0 spiro atoms. The second kappa shape index (κ2) is 3.91. The van der Waals surface area contributed by atoms with Crippen LogP contribution in [0.2, 0.25) is 0 Å². The van der Waals surface area contributed by atoms with E-state index in [4.69, 9.17) is 0 Å². The molecule has 0 atom stereocenters. The number of hydrogen-bond donors (Lipinski definition) is 0. The Hall–Kier alpha value is -1.22. The van der Waals surface area contributed by atoms with Crippen LogP contribution in [-0.2, 0) is 13.0 Å². The summed E-state index contributed by atoms with van der Waals surface area (Å²) in [6, 6.07) is 6.35. The van der Waals surface area contributed by atoms with Crippen LogP contribution in [-0.4, -0.2) is 10.3 Å². The van der Waals surface area contributed by atoms with Gasteiger partial charge in [-0.1, -0.05) is 19.1 Å². The van der Waals surface area contributed by atoms with E-state index in [1.54, 1.807) is 0 Å². The number of hydrogen-bond acceptors (Lipinski definition) is 2. The van der Waals surface area contributed by atoms with Gasteiger partial charge in [0.25, 0.3) is 5.56 Å². The van der Waals surface area contributed by atoms with Crippen molar-refractivity contribution in [1.82, 2.24) is 4.57 Å². The molecule has 0 unspecified atom stereocenters. The van der Waals surface area contributed by atoms with Crippen LogP contribution in [0.4, 0.5) is 0 Å². The predicted molar refractivity (Wildman–Crippen MR) is 73.0 cm³/mol. The maximum Gasteiger partial charge on any atom is 0.254 e. The van der Waals surface area contributed by atoms with Crippen molar-refractivity contribution in [2.45, 2.75) is 31.7 Å². The van der Waals surface area contributed by atoms with E-state index in [-0.39, 0.29) is 5.56 Å². The summed E-state index contributed by atoms with van der Waals surface area (Å²) in [6.45, 7) is 4.97. The van der Waals surface area contributed by atoms with E-state index in [9.17, 15) is 4.79 Å². The molecule has 0 fully saturated rings. The van der Waals surface area contributed by atoms with Gasteiger partial charge in [0.2, 0.25) is 0 Å². The molecule has 88 valence electrons. The second-order valence-corrected chi connectivity index (χ2v) is 5.55. The van der Waals surface area contributed by atoms with Crippen LogP contribution in [0.3, 0.4) is 0 Å². The quantitative estimate of drug-likeness (QED) is 0.770. The van der Waals surface area contributed by atoms with E-state index >= 15 is 0 Å². The number of thioether (sulfide) groups is 1. The van der Waals surface area contributed by atoms with Crippen molar-refractivity contribution in [3.63, 3.8) is 0 Å². The number of nitrogens with zero attached hydrogens (tertiary/aromatic N) is 1. The lowest BCUT2D eigenvalue weighted by atomic mass is 10.0. The van der Waals surface area contributed by atoms with Crippen LogP contribution in [0, 0.1) is 6.92 Å². The Kier molecular flexibility index (Phi) is 2.51. The topological polar surface area (TPSA) is 22.0 Å². The summed E-state index contributed by atoms with van der Waals surface area (Å²) >= 11 is 1.85. The summed E-state index contributed by atoms with van der Waals surface area (Å²) in [6.07, 6.45) is 0.817. The first-order chi connectivity index (χ1) is 8.24. The molecular formula is C14H15NOS. The van der Waals surface area contributed by atoms with E-state index in [2.05, 4.69) is 32.0 Å². The molecule has 3 rings (SSSR count). The number of aryl methyl sites for hydroxylation is 2. The highest BCUT2D eigenvalue weighted by atomic mass is 32.2. The van der Waals surface area contributed by atoms with Gasteiger partial charge in [-0.05, 0) is 25.0 Å². The lowest BCUT2D eigenvalue weighted by Gasteiger charge is -2.21. The normalized spacial score (nSPS) is 14.2. The molecule has 0 amide bonds. The molecule has 1 aromatic heterocycles. The van der Waals surface area contributed by atoms with Crippen molar-refractivity contribution in [3.8, 4) is 0 Å². The SMILES string of the molecule is CCc1c(C)c2cccc3c2n(c1=O)CCS3. The van der Waals surface area contributed by atoms with Crippen LogP contribution in [0.1, 0.15) is 18.1 Å². The number of rotatable bonds is 1. The molecule has 2 heterocycles. The summed E-state index contributed by atoms with van der Waals surface area (Å²) < 4.78 is 1.97. The molecule has 0 saturated heterocycles. The van der Waals surface area contributed by atoms with Crippen molar-refractivity contribution < 1.29 is 0 Å². The van der Waals surface area contributed by atoms with Crippen LogP contribution in [0.25, 0.3) is 10.9 Å². The molecular weight excluding hydrogens is 230 g/mol. The van der Waals surface area contributed by atoms with Gasteiger partial charge in [-0.25, -0.2) is 0 Å². The monoisotopic (exact) mass is 245 g/mol. The molecule has 1 aliphatic rings. The number of aromatic nitrogens is 1. The Morgan fingerprint density at radius 1 is 1.41 bits per heavy atom. The Balaban J connectivity index is 2.56. The van der Waals surface area contributed by atoms with Gasteiger partial charge >= 0.3 is 0 Å². The summed E-state index contributed by atoms with van der Waals surface area (Å²) in [4.78, 5) is 13.7. The summed E-state index contributed by atoms with van der Waals surface area (Å²) in [7, 11) is 0. The van der Waals surface area contributed by atoms with Crippen molar-refractivity contribution in [3.05, 3.63) is 39.7 Å². The third-order valence-electron chi connectivity index (χ3n) is 3.55. The number of para-hydroxylation sites is 1. The first-order valence-electron chi connectivity index (χ1n) is 6.02. The van der Waals surface area contributed by atoms with Crippen LogP contribution < -0.4 is 5.56 Å². The fourth-order valence-electron chi connectivity index (χ4n) is 2.68. The van der Waals surface area contributed by atoms with Gasteiger partial charge in [-0.3, -0.25) is 4.79 Å². The van der Waals surface area contributed by atoms with E-state index in [0.717, 1.165) is 35.4 Å². The summed E-state index contributed by atoms with van der Waals surface area (Å²) in [5.41, 5.74) is 3.49. The van der Waals surface area contributed by atoms with Crippen LogP contribution in [0.5, 0.6) is 0 Å². The van der Waals surface area contributed by atoms with Crippen molar-refractivity contribution >= 4 is 22.7 Å². The molecule has 0 bridgehead atoms. The molecule has 1 aliphatic heterocycles. The highest BCUT2D eigenvalue weighted by Gasteiger charge is 2.18. The molecule has 0 saturated carbocycles. The van der Waals surface area contributed by atoms with Crippen molar-refractivity contribution in [2.75, 3.05) is 5.75 Å². The maximum absolute atomic E-state index is 12.4. The average molecular weight is 245 g/mol. The first-order valence-corrected chi connectivity index (χ1v) is 7.00. The van der Waals surface area contributed by atoms with Gasteiger partial charge < -0.3 is 4.57 Å². The molecule has 2 nitrogen and oxygen atoms in total. The molecule has 2 aromatic rings. The van der Waals surface area contributed by atoms with Gasteiger partial charge in [0.1, 0.15) is 0 Å². The predicted octanol–water partition coefficient (Wildman–Crippen LogP) is 2.98.